The molecule has 3 aliphatic heterocycles. The van der Waals surface area contributed by atoms with Crippen LogP contribution in [0.2, 0.25) is 0 Å². The number of amides is 3. The fraction of sp³-hybridized carbons (Fsp3) is 0.483. The van der Waals surface area contributed by atoms with E-state index in [-0.39, 0.29) is 29.8 Å². The Hall–Kier alpha value is -2.99. The Balaban J connectivity index is 1.46. The Labute approximate surface area is 206 Å². The van der Waals surface area contributed by atoms with E-state index < -0.39 is 17.4 Å². The maximum atomic E-state index is 14.2. The summed E-state index contributed by atoms with van der Waals surface area (Å²) < 4.78 is 0. The van der Waals surface area contributed by atoms with Crippen LogP contribution in [0.25, 0.3) is 0 Å². The highest BCUT2D eigenvalue weighted by atomic mass is 16.2. The van der Waals surface area contributed by atoms with E-state index in [0.29, 0.717) is 6.42 Å². The first-order chi connectivity index (χ1) is 17.1. The third-order valence-corrected chi connectivity index (χ3v) is 8.74. The molecule has 2 N–H and O–H groups in total. The van der Waals surface area contributed by atoms with Crippen LogP contribution >= 0.6 is 0 Å². The van der Waals surface area contributed by atoms with Crippen molar-refractivity contribution in [3.63, 3.8) is 0 Å². The van der Waals surface area contributed by atoms with Crippen LogP contribution in [0.5, 0.6) is 0 Å². The van der Waals surface area contributed by atoms with Gasteiger partial charge in [-0.05, 0) is 36.8 Å². The second-order valence-electron chi connectivity index (χ2n) is 10.6. The zero-order chi connectivity index (χ0) is 24.2. The van der Waals surface area contributed by atoms with Gasteiger partial charge in [-0.1, -0.05) is 81.1 Å². The lowest BCUT2D eigenvalue weighted by atomic mass is 9.76. The van der Waals surface area contributed by atoms with Gasteiger partial charge in [-0.15, -0.1) is 0 Å². The van der Waals surface area contributed by atoms with Gasteiger partial charge in [-0.2, -0.15) is 0 Å². The number of imide groups is 1. The number of hydrogen-bond donors (Lipinski definition) is 2. The van der Waals surface area contributed by atoms with E-state index in [0.717, 1.165) is 67.3 Å². The highest BCUT2D eigenvalue weighted by molar-refractivity contribution is 6.15. The van der Waals surface area contributed by atoms with Crippen LogP contribution in [0.3, 0.4) is 0 Å². The van der Waals surface area contributed by atoms with Crippen molar-refractivity contribution in [2.75, 3.05) is 5.32 Å². The van der Waals surface area contributed by atoms with Crippen molar-refractivity contribution in [2.24, 2.45) is 11.8 Å². The molecule has 0 radical (unpaired) electrons. The lowest BCUT2D eigenvalue weighted by Gasteiger charge is -2.32. The zero-order valence-electron chi connectivity index (χ0n) is 20.3. The third kappa shape index (κ3) is 3.29. The van der Waals surface area contributed by atoms with Gasteiger partial charge in [0, 0.05) is 23.3 Å². The molecule has 3 fully saturated rings. The van der Waals surface area contributed by atoms with Crippen molar-refractivity contribution in [3.8, 4) is 0 Å². The maximum Gasteiger partial charge on any atom is 0.250 e. The van der Waals surface area contributed by atoms with Gasteiger partial charge in [0.1, 0.15) is 5.54 Å². The van der Waals surface area contributed by atoms with E-state index in [2.05, 4.69) is 17.6 Å². The van der Waals surface area contributed by atoms with E-state index in [1.807, 2.05) is 48.5 Å². The SMILES string of the molecule is CCc1cccc2c1NC(=O)C21NC(Cc2ccccc2)[C@H]2C(=O)N(C3CCCCCC3)C(=O)[C@H]21. The summed E-state index contributed by atoms with van der Waals surface area (Å²) in [5.41, 5.74) is 2.55. The molecule has 2 unspecified atom stereocenters. The Morgan fingerprint density at radius 1 is 0.914 bits per heavy atom. The molecular weight excluding hydrogens is 438 g/mol. The number of aryl methyl sites for hydroxylation is 1. The molecule has 0 bridgehead atoms. The minimum absolute atomic E-state index is 0.0524. The average molecular weight is 472 g/mol. The molecule has 1 spiro atoms. The van der Waals surface area contributed by atoms with E-state index >= 15 is 0 Å². The van der Waals surface area contributed by atoms with Gasteiger partial charge in [0.05, 0.1) is 11.8 Å². The fourth-order valence-corrected chi connectivity index (χ4v) is 7.13. The van der Waals surface area contributed by atoms with E-state index in [4.69, 9.17) is 0 Å². The summed E-state index contributed by atoms with van der Waals surface area (Å²) >= 11 is 0. The Bertz CT molecular complexity index is 1170. The van der Waals surface area contributed by atoms with E-state index in [1.165, 1.54) is 0 Å². The van der Waals surface area contributed by atoms with Crippen LogP contribution in [0.1, 0.15) is 62.1 Å². The molecular formula is C29H33N3O3. The molecule has 6 heteroatoms. The summed E-state index contributed by atoms with van der Waals surface area (Å²) in [6.45, 7) is 2.06. The molecule has 1 saturated carbocycles. The van der Waals surface area contributed by atoms with Crippen molar-refractivity contribution >= 4 is 23.4 Å². The quantitative estimate of drug-likeness (QED) is 0.523. The number of likely N-dealkylation sites (tertiary alicyclic amines) is 1. The number of nitrogens with one attached hydrogen (secondary N) is 2. The first-order valence-corrected chi connectivity index (χ1v) is 13.2. The van der Waals surface area contributed by atoms with Crippen LogP contribution in [0.15, 0.2) is 48.5 Å². The summed E-state index contributed by atoms with van der Waals surface area (Å²) in [7, 11) is 0. The predicted octanol–water partition coefficient (Wildman–Crippen LogP) is 3.93. The smallest absolute Gasteiger partial charge is 0.250 e. The molecule has 2 saturated heterocycles. The summed E-state index contributed by atoms with van der Waals surface area (Å²) in [4.78, 5) is 43.6. The lowest BCUT2D eigenvalue weighted by Crippen LogP contribution is -2.54. The van der Waals surface area contributed by atoms with Crippen LogP contribution < -0.4 is 10.6 Å². The van der Waals surface area contributed by atoms with Gasteiger partial charge < -0.3 is 5.32 Å². The number of fused-ring (bicyclic) bond motifs is 4. The highest BCUT2D eigenvalue weighted by Crippen LogP contribution is 2.54. The summed E-state index contributed by atoms with van der Waals surface area (Å²) in [6.07, 6.45) is 7.48. The zero-order valence-corrected chi connectivity index (χ0v) is 20.3. The largest absolute Gasteiger partial charge is 0.324 e. The van der Waals surface area contributed by atoms with Crippen molar-refractivity contribution in [1.29, 1.82) is 0 Å². The second-order valence-corrected chi connectivity index (χ2v) is 10.6. The topological polar surface area (TPSA) is 78.5 Å². The van der Waals surface area contributed by atoms with Crippen LogP contribution in [0, 0.1) is 11.8 Å². The second kappa shape index (κ2) is 8.59. The molecule has 0 aromatic heterocycles. The van der Waals surface area contributed by atoms with Crippen molar-refractivity contribution in [2.45, 2.75) is 75.9 Å². The molecule has 3 heterocycles. The number of nitrogens with zero attached hydrogens (tertiary/aromatic N) is 1. The predicted molar refractivity (Wildman–Crippen MR) is 134 cm³/mol. The summed E-state index contributed by atoms with van der Waals surface area (Å²) in [6, 6.07) is 15.6. The monoisotopic (exact) mass is 471 g/mol. The van der Waals surface area contributed by atoms with Gasteiger partial charge in [0.15, 0.2) is 0 Å². The molecule has 182 valence electrons. The van der Waals surface area contributed by atoms with Gasteiger partial charge in [-0.25, -0.2) is 0 Å². The number of rotatable bonds is 4. The van der Waals surface area contributed by atoms with Gasteiger partial charge in [-0.3, -0.25) is 24.6 Å². The average Bonchev–Trinajstić information content (AvgIpc) is 3.33. The number of hydrogen-bond acceptors (Lipinski definition) is 4. The minimum atomic E-state index is -1.21. The molecule has 3 amide bonds. The Morgan fingerprint density at radius 3 is 2.37 bits per heavy atom. The van der Waals surface area contributed by atoms with Crippen LogP contribution in [0.4, 0.5) is 5.69 Å². The first kappa shape index (κ1) is 22.5. The molecule has 6 rings (SSSR count). The highest BCUT2D eigenvalue weighted by Gasteiger charge is 2.70. The molecule has 2 aromatic carbocycles. The lowest BCUT2D eigenvalue weighted by molar-refractivity contribution is -0.145. The first-order valence-electron chi connectivity index (χ1n) is 13.2. The van der Waals surface area contributed by atoms with Gasteiger partial charge in [0.25, 0.3) is 0 Å². The molecule has 4 aliphatic rings. The maximum absolute atomic E-state index is 14.2. The third-order valence-electron chi connectivity index (χ3n) is 8.74. The number of benzene rings is 2. The standard InChI is InChI=1S/C29H33N3O3/c1-2-19-13-10-16-21-25(19)30-28(35)29(21)24-23(22(31-29)17-18-11-6-5-7-12-18)26(33)32(27(24)34)20-14-8-3-4-9-15-20/h5-7,10-13,16,20,22-24,31H,2-4,8-9,14-15,17H2,1H3,(H,30,35)/t22?,23-,24+,29?/m1/s1. The Morgan fingerprint density at radius 2 is 1.66 bits per heavy atom. The summed E-state index contributed by atoms with van der Waals surface area (Å²) in [5, 5.41) is 6.69. The van der Waals surface area contributed by atoms with Crippen LogP contribution in [-0.2, 0) is 32.8 Å². The van der Waals surface area contributed by atoms with E-state index in [9.17, 15) is 14.4 Å². The van der Waals surface area contributed by atoms with E-state index in [1.54, 1.807) is 4.90 Å². The van der Waals surface area contributed by atoms with Crippen molar-refractivity contribution in [3.05, 3.63) is 65.2 Å². The molecule has 2 aromatic rings. The van der Waals surface area contributed by atoms with Crippen LogP contribution in [-0.4, -0.2) is 34.7 Å². The number of carbonyl (C=O) groups excluding carboxylic acids is 3. The van der Waals surface area contributed by atoms with Gasteiger partial charge in [0.2, 0.25) is 17.7 Å². The summed E-state index contributed by atoms with van der Waals surface area (Å²) in [5.74, 6) is -1.74. The van der Waals surface area contributed by atoms with Gasteiger partial charge >= 0.3 is 0 Å². The Kier molecular flexibility index (Phi) is 5.52. The number of para-hydroxylation sites is 1. The normalized spacial score (nSPS) is 30.5. The molecule has 4 atom stereocenters. The number of anilines is 1. The molecule has 6 nitrogen and oxygen atoms in total. The molecule has 35 heavy (non-hydrogen) atoms. The molecule has 1 aliphatic carbocycles. The van der Waals surface area contributed by atoms with Crippen molar-refractivity contribution < 1.29 is 14.4 Å². The minimum Gasteiger partial charge on any atom is -0.324 e. The number of carbonyl (C=O) groups is 3. The fourth-order valence-electron chi connectivity index (χ4n) is 7.13. The van der Waals surface area contributed by atoms with Crippen molar-refractivity contribution in [1.82, 2.24) is 10.2 Å².